The normalized spacial score (nSPS) is 11.3. The van der Waals surface area contributed by atoms with Crippen LogP contribution in [0.2, 0.25) is 0 Å². The van der Waals surface area contributed by atoms with E-state index in [-0.39, 0.29) is 0 Å². The van der Waals surface area contributed by atoms with Crippen LogP contribution in [-0.2, 0) is 12.8 Å². The fraction of sp³-hybridized carbons (Fsp3) is 0.400. The molecule has 2 aromatic rings. The minimum absolute atomic E-state index is 0.719. The lowest BCUT2D eigenvalue weighted by atomic mass is 10.0. The Labute approximate surface area is 134 Å². The predicted molar refractivity (Wildman–Crippen MR) is 94.1 cm³/mol. The SMILES string of the molecule is CC(C)Cc1ccc(Sc2ccc(CC(C)C)cc2)cc1. The van der Waals surface area contributed by atoms with Crippen LogP contribution >= 0.6 is 11.8 Å². The zero-order valence-corrected chi connectivity index (χ0v) is 14.4. The Balaban J connectivity index is 1.97. The minimum atomic E-state index is 0.719. The van der Waals surface area contributed by atoms with Gasteiger partial charge in [0.1, 0.15) is 0 Å². The van der Waals surface area contributed by atoms with Gasteiger partial charge in [0.05, 0.1) is 0 Å². The van der Waals surface area contributed by atoms with E-state index in [9.17, 15) is 0 Å². The molecule has 1 heteroatoms. The lowest BCUT2D eigenvalue weighted by Gasteiger charge is -2.08. The number of hydrogen-bond donors (Lipinski definition) is 0. The van der Waals surface area contributed by atoms with Crippen molar-refractivity contribution in [3.63, 3.8) is 0 Å². The van der Waals surface area contributed by atoms with Crippen molar-refractivity contribution in [3.05, 3.63) is 59.7 Å². The highest BCUT2D eigenvalue weighted by Gasteiger charge is 2.02. The third kappa shape index (κ3) is 5.59. The smallest absolute Gasteiger partial charge is 0.0122 e. The largest absolute Gasteiger partial charge is 0.0901 e. The zero-order valence-electron chi connectivity index (χ0n) is 13.6. The average molecular weight is 298 g/mol. The standard InChI is InChI=1S/C20H26S/c1-15(2)13-17-5-9-19(10-6-17)21-20-11-7-18(8-12-20)14-16(3)4/h5-12,15-16H,13-14H2,1-4H3. The Morgan fingerprint density at radius 2 is 0.952 bits per heavy atom. The molecule has 0 N–H and O–H groups in total. The second kappa shape index (κ2) is 7.70. The Bertz CT molecular complexity index is 484. The summed E-state index contributed by atoms with van der Waals surface area (Å²) in [7, 11) is 0. The van der Waals surface area contributed by atoms with Crippen molar-refractivity contribution in [2.45, 2.75) is 50.3 Å². The molecule has 0 aromatic heterocycles. The van der Waals surface area contributed by atoms with Crippen LogP contribution in [0.15, 0.2) is 58.3 Å². The topological polar surface area (TPSA) is 0 Å². The maximum Gasteiger partial charge on any atom is 0.0122 e. The van der Waals surface area contributed by atoms with Gasteiger partial charge in [-0.1, -0.05) is 63.7 Å². The van der Waals surface area contributed by atoms with E-state index < -0.39 is 0 Å². The molecule has 0 aliphatic heterocycles. The molecule has 0 amide bonds. The Morgan fingerprint density at radius 3 is 1.24 bits per heavy atom. The number of rotatable bonds is 6. The van der Waals surface area contributed by atoms with E-state index in [1.54, 1.807) is 0 Å². The van der Waals surface area contributed by atoms with E-state index in [0.717, 1.165) is 24.7 Å². The highest BCUT2D eigenvalue weighted by Crippen LogP contribution is 2.28. The second-order valence-corrected chi connectivity index (χ2v) is 7.73. The summed E-state index contributed by atoms with van der Waals surface area (Å²) in [6.07, 6.45) is 2.32. The molecule has 0 radical (unpaired) electrons. The van der Waals surface area contributed by atoms with Gasteiger partial charge in [0, 0.05) is 9.79 Å². The molecule has 2 aromatic carbocycles. The molecule has 112 valence electrons. The highest BCUT2D eigenvalue weighted by molar-refractivity contribution is 7.99. The van der Waals surface area contributed by atoms with Gasteiger partial charge in [-0.15, -0.1) is 0 Å². The molecule has 0 unspecified atom stereocenters. The molecule has 0 spiro atoms. The van der Waals surface area contributed by atoms with Crippen molar-refractivity contribution in [2.75, 3.05) is 0 Å². The Hall–Kier alpha value is -1.21. The first-order valence-corrected chi connectivity index (χ1v) is 8.70. The van der Waals surface area contributed by atoms with Crippen LogP contribution in [0.4, 0.5) is 0 Å². The fourth-order valence-corrected chi connectivity index (χ4v) is 3.28. The summed E-state index contributed by atoms with van der Waals surface area (Å²) in [5.41, 5.74) is 2.86. The van der Waals surface area contributed by atoms with Crippen molar-refractivity contribution < 1.29 is 0 Å². The lowest BCUT2D eigenvalue weighted by molar-refractivity contribution is 0.647. The maximum atomic E-state index is 2.27. The molecule has 0 aliphatic rings. The van der Waals surface area contributed by atoms with E-state index in [4.69, 9.17) is 0 Å². The molecule has 2 rings (SSSR count). The summed E-state index contributed by atoms with van der Waals surface area (Å²) in [6, 6.07) is 18.0. The van der Waals surface area contributed by atoms with Crippen LogP contribution in [0, 0.1) is 11.8 Å². The van der Waals surface area contributed by atoms with Crippen molar-refractivity contribution in [1.29, 1.82) is 0 Å². The number of hydrogen-bond acceptors (Lipinski definition) is 1. The van der Waals surface area contributed by atoms with Crippen LogP contribution in [0.3, 0.4) is 0 Å². The molecule has 0 nitrogen and oxygen atoms in total. The van der Waals surface area contributed by atoms with Crippen molar-refractivity contribution in [2.24, 2.45) is 11.8 Å². The summed E-state index contributed by atoms with van der Waals surface area (Å²) < 4.78 is 0. The monoisotopic (exact) mass is 298 g/mol. The van der Waals surface area contributed by atoms with Gasteiger partial charge >= 0.3 is 0 Å². The third-order valence-electron chi connectivity index (χ3n) is 3.37. The Morgan fingerprint density at radius 1 is 0.619 bits per heavy atom. The van der Waals surface area contributed by atoms with Crippen molar-refractivity contribution >= 4 is 11.8 Å². The highest BCUT2D eigenvalue weighted by atomic mass is 32.2. The van der Waals surface area contributed by atoms with Gasteiger partial charge in [-0.25, -0.2) is 0 Å². The summed E-state index contributed by atoms with van der Waals surface area (Å²) >= 11 is 1.84. The third-order valence-corrected chi connectivity index (χ3v) is 4.39. The van der Waals surface area contributed by atoms with E-state index in [1.807, 2.05) is 11.8 Å². The van der Waals surface area contributed by atoms with Gasteiger partial charge in [-0.2, -0.15) is 0 Å². The zero-order chi connectivity index (χ0) is 15.2. The van der Waals surface area contributed by atoms with Gasteiger partial charge in [-0.3, -0.25) is 0 Å². The van der Waals surface area contributed by atoms with Crippen molar-refractivity contribution in [3.8, 4) is 0 Å². The van der Waals surface area contributed by atoms with Gasteiger partial charge in [0.2, 0.25) is 0 Å². The molecule has 21 heavy (non-hydrogen) atoms. The summed E-state index contributed by atoms with van der Waals surface area (Å²) in [6.45, 7) is 9.06. The molecule has 0 aliphatic carbocycles. The van der Waals surface area contributed by atoms with E-state index in [0.29, 0.717) is 0 Å². The maximum absolute atomic E-state index is 2.27. The lowest BCUT2D eigenvalue weighted by Crippen LogP contribution is -1.93. The fourth-order valence-electron chi connectivity index (χ4n) is 2.47. The van der Waals surface area contributed by atoms with Crippen LogP contribution in [0.1, 0.15) is 38.8 Å². The van der Waals surface area contributed by atoms with E-state index in [2.05, 4.69) is 76.2 Å². The first-order valence-electron chi connectivity index (χ1n) is 7.88. The quantitative estimate of drug-likeness (QED) is 0.608. The summed E-state index contributed by atoms with van der Waals surface area (Å²) in [5.74, 6) is 1.44. The van der Waals surface area contributed by atoms with Gasteiger partial charge in [0.25, 0.3) is 0 Å². The van der Waals surface area contributed by atoms with E-state index >= 15 is 0 Å². The van der Waals surface area contributed by atoms with Gasteiger partial charge in [-0.05, 0) is 60.1 Å². The van der Waals surface area contributed by atoms with Crippen LogP contribution in [0.5, 0.6) is 0 Å². The van der Waals surface area contributed by atoms with Crippen LogP contribution in [-0.4, -0.2) is 0 Å². The molecular weight excluding hydrogens is 272 g/mol. The van der Waals surface area contributed by atoms with Gasteiger partial charge in [0.15, 0.2) is 0 Å². The molecule has 0 fully saturated rings. The molecule has 0 bridgehead atoms. The number of benzene rings is 2. The van der Waals surface area contributed by atoms with Gasteiger partial charge < -0.3 is 0 Å². The van der Waals surface area contributed by atoms with Crippen LogP contribution in [0.25, 0.3) is 0 Å². The summed E-state index contributed by atoms with van der Waals surface area (Å²) in [4.78, 5) is 2.64. The first kappa shape index (κ1) is 16.2. The molecular formula is C20H26S. The minimum Gasteiger partial charge on any atom is -0.0901 e. The molecule has 0 heterocycles. The van der Waals surface area contributed by atoms with Crippen LogP contribution < -0.4 is 0 Å². The van der Waals surface area contributed by atoms with E-state index in [1.165, 1.54) is 20.9 Å². The van der Waals surface area contributed by atoms with Crippen molar-refractivity contribution in [1.82, 2.24) is 0 Å². The average Bonchev–Trinajstić information content (AvgIpc) is 2.42. The Kier molecular flexibility index (Phi) is 5.93. The second-order valence-electron chi connectivity index (χ2n) is 6.59. The predicted octanol–water partition coefficient (Wildman–Crippen LogP) is 6.23. The molecule has 0 saturated heterocycles. The molecule has 0 atom stereocenters. The summed E-state index contributed by atoms with van der Waals surface area (Å²) in [5, 5.41) is 0. The molecule has 0 saturated carbocycles. The first-order chi connectivity index (χ1) is 10.0.